The highest BCUT2D eigenvalue weighted by atomic mass is 16.3. The molecule has 24 heavy (non-hydrogen) atoms. The van der Waals surface area contributed by atoms with E-state index in [2.05, 4.69) is 11.9 Å². The van der Waals surface area contributed by atoms with Crippen LogP contribution in [0, 0.1) is 0 Å². The van der Waals surface area contributed by atoms with Crippen LogP contribution in [0.5, 0.6) is 0 Å². The van der Waals surface area contributed by atoms with Crippen molar-refractivity contribution in [3.8, 4) is 0 Å². The minimum atomic E-state index is -0.507. The fourth-order valence-electron chi connectivity index (χ4n) is 2.81. The van der Waals surface area contributed by atoms with Crippen molar-refractivity contribution in [2.45, 2.75) is 6.04 Å². The summed E-state index contributed by atoms with van der Waals surface area (Å²) >= 11 is 0. The van der Waals surface area contributed by atoms with Crippen molar-refractivity contribution in [1.82, 2.24) is 10.2 Å². The van der Waals surface area contributed by atoms with Crippen molar-refractivity contribution in [3.63, 3.8) is 0 Å². The van der Waals surface area contributed by atoms with Gasteiger partial charge in [-0.05, 0) is 11.6 Å². The average molecular weight is 322 g/mol. The highest BCUT2D eigenvalue weighted by molar-refractivity contribution is 6.10. The summed E-state index contributed by atoms with van der Waals surface area (Å²) in [6.07, 6.45) is 0. The quantitative estimate of drug-likeness (QED) is 0.884. The summed E-state index contributed by atoms with van der Waals surface area (Å²) in [4.78, 5) is 26.1. The van der Waals surface area contributed by atoms with Crippen molar-refractivity contribution < 1.29 is 14.7 Å². The number of aliphatic hydroxyl groups is 1. The van der Waals surface area contributed by atoms with Crippen LogP contribution in [-0.2, 0) is 4.79 Å². The van der Waals surface area contributed by atoms with Gasteiger partial charge in [0.1, 0.15) is 6.54 Å². The summed E-state index contributed by atoms with van der Waals surface area (Å²) in [6.45, 7) is 3.57. The van der Waals surface area contributed by atoms with Crippen molar-refractivity contribution in [2.75, 3.05) is 13.2 Å². The molecule has 1 heterocycles. The molecule has 2 aromatic rings. The fourth-order valence-corrected chi connectivity index (χ4v) is 2.81. The number of carbonyl (C=O) groups excluding carboxylic acids is 2. The lowest BCUT2D eigenvalue weighted by Gasteiger charge is -2.21. The van der Waals surface area contributed by atoms with Gasteiger partial charge in [-0.25, -0.2) is 0 Å². The standard InChI is InChI=1S/C19H18N2O3/c1-13-15-9-5-6-10-16(15)19(24)21(13)11-18(23)20-17(12-22)14-7-3-2-4-8-14/h2-10,17,22H,1,11-12H2,(H,20,23). The number of rotatable bonds is 5. The van der Waals surface area contributed by atoms with Gasteiger partial charge in [0.25, 0.3) is 5.91 Å². The maximum atomic E-state index is 12.4. The molecule has 0 bridgehead atoms. The predicted molar refractivity (Wildman–Crippen MR) is 90.9 cm³/mol. The van der Waals surface area contributed by atoms with E-state index in [0.717, 1.165) is 11.1 Å². The molecule has 1 aliphatic rings. The third-order valence-corrected chi connectivity index (χ3v) is 4.06. The number of fused-ring (bicyclic) bond motifs is 1. The Morgan fingerprint density at radius 2 is 1.71 bits per heavy atom. The smallest absolute Gasteiger partial charge is 0.259 e. The number of amides is 2. The summed E-state index contributed by atoms with van der Waals surface area (Å²) in [6, 6.07) is 15.8. The largest absolute Gasteiger partial charge is 0.394 e. The number of benzene rings is 2. The van der Waals surface area contributed by atoms with Crippen LogP contribution in [0.3, 0.4) is 0 Å². The van der Waals surface area contributed by atoms with Crippen LogP contribution in [0.25, 0.3) is 5.70 Å². The molecule has 5 nitrogen and oxygen atoms in total. The zero-order valence-corrected chi connectivity index (χ0v) is 13.1. The predicted octanol–water partition coefficient (Wildman–Crippen LogP) is 1.96. The third-order valence-electron chi connectivity index (χ3n) is 4.06. The number of carbonyl (C=O) groups is 2. The fraction of sp³-hybridized carbons (Fsp3) is 0.158. The van der Waals surface area contributed by atoms with E-state index in [0.29, 0.717) is 11.3 Å². The molecule has 0 saturated heterocycles. The van der Waals surface area contributed by atoms with Gasteiger partial charge in [0.15, 0.2) is 0 Å². The molecule has 0 aliphatic carbocycles. The van der Waals surface area contributed by atoms with E-state index in [-0.39, 0.29) is 25.0 Å². The Kier molecular flexibility index (Phi) is 4.44. The lowest BCUT2D eigenvalue weighted by atomic mass is 10.1. The first-order valence-electron chi connectivity index (χ1n) is 7.67. The first-order chi connectivity index (χ1) is 11.6. The Morgan fingerprint density at radius 3 is 2.33 bits per heavy atom. The summed E-state index contributed by atoms with van der Waals surface area (Å²) < 4.78 is 0. The Labute approximate surface area is 140 Å². The van der Waals surface area contributed by atoms with Crippen LogP contribution in [-0.4, -0.2) is 35.0 Å². The Balaban J connectivity index is 1.70. The van der Waals surface area contributed by atoms with E-state index in [9.17, 15) is 14.7 Å². The highest BCUT2D eigenvalue weighted by Crippen LogP contribution is 2.30. The van der Waals surface area contributed by atoms with E-state index in [1.54, 1.807) is 12.1 Å². The van der Waals surface area contributed by atoms with Gasteiger partial charge in [-0.15, -0.1) is 0 Å². The van der Waals surface area contributed by atoms with E-state index < -0.39 is 6.04 Å². The van der Waals surface area contributed by atoms with E-state index in [1.807, 2.05) is 42.5 Å². The van der Waals surface area contributed by atoms with Gasteiger partial charge < -0.3 is 10.4 Å². The van der Waals surface area contributed by atoms with Crippen molar-refractivity contribution in [1.29, 1.82) is 0 Å². The molecule has 5 heteroatoms. The lowest BCUT2D eigenvalue weighted by molar-refractivity contribution is -0.122. The molecular weight excluding hydrogens is 304 g/mol. The van der Waals surface area contributed by atoms with E-state index >= 15 is 0 Å². The first-order valence-corrected chi connectivity index (χ1v) is 7.67. The monoisotopic (exact) mass is 322 g/mol. The van der Waals surface area contributed by atoms with Crippen molar-refractivity contribution >= 4 is 17.5 Å². The third kappa shape index (κ3) is 2.94. The molecule has 2 aromatic carbocycles. The zero-order valence-electron chi connectivity index (χ0n) is 13.1. The summed E-state index contributed by atoms with van der Waals surface area (Å²) in [5.41, 5.74) is 2.63. The van der Waals surface area contributed by atoms with Gasteiger partial charge in [-0.3, -0.25) is 14.5 Å². The maximum absolute atomic E-state index is 12.4. The molecule has 1 atom stereocenters. The molecule has 0 aromatic heterocycles. The summed E-state index contributed by atoms with van der Waals surface area (Å²) in [7, 11) is 0. The molecular formula is C19H18N2O3. The minimum absolute atomic E-state index is 0.129. The molecule has 122 valence electrons. The lowest BCUT2D eigenvalue weighted by Crippen LogP contribution is -2.39. The van der Waals surface area contributed by atoms with Crippen LogP contribution in [0.1, 0.15) is 27.5 Å². The molecule has 3 rings (SSSR count). The number of nitrogens with one attached hydrogen (secondary N) is 1. The van der Waals surface area contributed by atoms with Crippen LogP contribution >= 0.6 is 0 Å². The summed E-state index contributed by atoms with van der Waals surface area (Å²) in [5.74, 6) is -0.578. The Hall–Kier alpha value is -2.92. The number of aliphatic hydroxyl groups excluding tert-OH is 1. The topological polar surface area (TPSA) is 69.6 Å². The second kappa shape index (κ2) is 6.68. The van der Waals surface area contributed by atoms with Crippen LogP contribution < -0.4 is 5.32 Å². The second-order valence-electron chi connectivity index (χ2n) is 5.60. The van der Waals surface area contributed by atoms with E-state index in [1.165, 1.54) is 4.90 Å². The molecule has 0 fully saturated rings. The van der Waals surface area contributed by atoms with Crippen LogP contribution in [0.2, 0.25) is 0 Å². The van der Waals surface area contributed by atoms with Gasteiger partial charge in [-0.2, -0.15) is 0 Å². The van der Waals surface area contributed by atoms with Crippen molar-refractivity contribution in [2.24, 2.45) is 0 Å². The van der Waals surface area contributed by atoms with Gasteiger partial charge in [-0.1, -0.05) is 55.1 Å². The molecule has 2 amide bonds. The van der Waals surface area contributed by atoms with Gasteiger partial charge in [0, 0.05) is 16.8 Å². The zero-order chi connectivity index (χ0) is 17.1. The maximum Gasteiger partial charge on any atom is 0.259 e. The average Bonchev–Trinajstić information content (AvgIpc) is 2.86. The molecule has 2 N–H and O–H groups in total. The number of hydrogen-bond acceptors (Lipinski definition) is 3. The van der Waals surface area contributed by atoms with Gasteiger partial charge >= 0.3 is 0 Å². The Bertz CT molecular complexity index is 751. The minimum Gasteiger partial charge on any atom is -0.394 e. The second-order valence-corrected chi connectivity index (χ2v) is 5.60. The molecule has 0 spiro atoms. The number of hydrogen-bond donors (Lipinski definition) is 2. The SMILES string of the molecule is C=C1c2ccccc2C(=O)N1CC(=O)NC(CO)c1ccccc1. The normalized spacial score (nSPS) is 14.5. The highest BCUT2D eigenvalue weighted by Gasteiger charge is 2.32. The van der Waals surface area contributed by atoms with Crippen molar-refractivity contribution in [3.05, 3.63) is 77.9 Å². The summed E-state index contributed by atoms with van der Waals surface area (Å²) in [5, 5.41) is 12.3. The molecule has 0 radical (unpaired) electrons. The van der Waals surface area contributed by atoms with E-state index in [4.69, 9.17) is 0 Å². The molecule has 0 saturated carbocycles. The number of nitrogens with zero attached hydrogens (tertiary/aromatic N) is 1. The molecule has 1 unspecified atom stereocenters. The first kappa shape index (κ1) is 16.0. The van der Waals surface area contributed by atoms with Gasteiger partial charge in [0.05, 0.1) is 12.6 Å². The van der Waals surface area contributed by atoms with Crippen LogP contribution in [0.15, 0.2) is 61.2 Å². The molecule has 1 aliphatic heterocycles. The van der Waals surface area contributed by atoms with Gasteiger partial charge in [0.2, 0.25) is 5.91 Å². The van der Waals surface area contributed by atoms with Crippen LogP contribution in [0.4, 0.5) is 0 Å². The Morgan fingerprint density at radius 1 is 1.08 bits per heavy atom.